The highest BCUT2D eigenvalue weighted by molar-refractivity contribution is 5.52. The van der Waals surface area contributed by atoms with Gasteiger partial charge in [-0.2, -0.15) is 0 Å². The van der Waals surface area contributed by atoms with Crippen molar-refractivity contribution in [3.63, 3.8) is 0 Å². The predicted octanol–water partition coefficient (Wildman–Crippen LogP) is 3.20. The smallest absolute Gasteiger partial charge is 0.0389 e. The van der Waals surface area contributed by atoms with Gasteiger partial charge in [0.1, 0.15) is 0 Å². The van der Waals surface area contributed by atoms with E-state index in [9.17, 15) is 0 Å². The molecule has 0 spiro atoms. The van der Waals surface area contributed by atoms with Crippen LogP contribution < -0.4 is 10.6 Å². The lowest BCUT2D eigenvalue weighted by Gasteiger charge is -2.17. The average molecular weight is 252 g/mol. The standard InChI is InChI=1S/C17H20N2/c1-2-6-14(7-3-1)10-11-16-13-18-12-15-8-4-5-9-17(15)19-16/h1-9,16,18-19H,10-13H2. The van der Waals surface area contributed by atoms with Crippen LogP contribution in [0.15, 0.2) is 54.6 Å². The Morgan fingerprint density at radius 2 is 1.74 bits per heavy atom. The highest BCUT2D eigenvalue weighted by Crippen LogP contribution is 2.19. The van der Waals surface area contributed by atoms with E-state index < -0.39 is 0 Å². The third kappa shape index (κ3) is 3.15. The molecular weight excluding hydrogens is 232 g/mol. The molecule has 1 unspecified atom stereocenters. The topological polar surface area (TPSA) is 24.1 Å². The van der Waals surface area contributed by atoms with Crippen LogP contribution in [0.5, 0.6) is 0 Å². The molecule has 0 aromatic heterocycles. The molecule has 3 rings (SSSR count). The summed E-state index contributed by atoms with van der Waals surface area (Å²) in [6.45, 7) is 1.99. The predicted molar refractivity (Wildman–Crippen MR) is 80.3 cm³/mol. The summed E-state index contributed by atoms with van der Waals surface area (Å²) in [5.41, 5.74) is 4.07. The number of para-hydroxylation sites is 1. The number of hydrogen-bond donors (Lipinski definition) is 2. The van der Waals surface area contributed by atoms with Crippen molar-refractivity contribution >= 4 is 5.69 Å². The zero-order valence-electron chi connectivity index (χ0n) is 11.1. The quantitative estimate of drug-likeness (QED) is 0.876. The third-order valence-electron chi connectivity index (χ3n) is 3.71. The van der Waals surface area contributed by atoms with Crippen LogP contribution in [0.2, 0.25) is 0 Å². The molecule has 2 aromatic carbocycles. The first-order valence-electron chi connectivity index (χ1n) is 7.01. The second kappa shape index (κ2) is 5.89. The molecule has 2 nitrogen and oxygen atoms in total. The number of benzene rings is 2. The molecule has 2 heteroatoms. The van der Waals surface area contributed by atoms with Gasteiger partial charge in [-0.25, -0.2) is 0 Å². The van der Waals surface area contributed by atoms with E-state index in [1.165, 1.54) is 16.8 Å². The maximum Gasteiger partial charge on any atom is 0.0389 e. The van der Waals surface area contributed by atoms with Crippen molar-refractivity contribution in [1.29, 1.82) is 0 Å². The molecule has 1 atom stereocenters. The zero-order chi connectivity index (χ0) is 12.9. The fourth-order valence-electron chi connectivity index (χ4n) is 2.63. The maximum atomic E-state index is 3.67. The van der Waals surface area contributed by atoms with Gasteiger partial charge < -0.3 is 10.6 Å². The molecule has 0 amide bonds. The van der Waals surface area contributed by atoms with Crippen LogP contribution in [0, 0.1) is 0 Å². The van der Waals surface area contributed by atoms with Crippen molar-refractivity contribution in [2.45, 2.75) is 25.4 Å². The first-order valence-corrected chi connectivity index (χ1v) is 7.01. The second-order valence-corrected chi connectivity index (χ2v) is 5.15. The van der Waals surface area contributed by atoms with Gasteiger partial charge in [0.2, 0.25) is 0 Å². The van der Waals surface area contributed by atoms with Gasteiger partial charge in [0, 0.05) is 24.8 Å². The number of aryl methyl sites for hydroxylation is 1. The van der Waals surface area contributed by atoms with Crippen LogP contribution in [0.4, 0.5) is 5.69 Å². The van der Waals surface area contributed by atoms with E-state index in [4.69, 9.17) is 0 Å². The molecule has 0 saturated heterocycles. The summed E-state index contributed by atoms with van der Waals surface area (Å²) < 4.78 is 0. The van der Waals surface area contributed by atoms with Crippen molar-refractivity contribution in [1.82, 2.24) is 5.32 Å². The number of fused-ring (bicyclic) bond motifs is 1. The minimum Gasteiger partial charge on any atom is -0.381 e. The van der Waals surface area contributed by atoms with Crippen molar-refractivity contribution in [2.75, 3.05) is 11.9 Å². The van der Waals surface area contributed by atoms with E-state index in [1.54, 1.807) is 0 Å². The molecule has 0 bridgehead atoms. The molecule has 0 aliphatic carbocycles. The normalized spacial score (nSPS) is 18.2. The molecule has 2 aromatic rings. The zero-order valence-corrected chi connectivity index (χ0v) is 11.1. The van der Waals surface area contributed by atoms with Crippen LogP contribution >= 0.6 is 0 Å². The molecule has 1 aliphatic heterocycles. The van der Waals surface area contributed by atoms with Gasteiger partial charge in [0.15, 0.2) is 0 Å². The number of anilines is 1. The molecule has 1 heterocycles. The van der Waals surface area contributed by atoms with Gasteiger partial charge >= 0.3 is 0 Å². The SMILES string of the molecule is c1ccc(CCC2CNCc3ccccc3N2)cc1. The Bertz CT molecular complexity index is 522. The van der Waals surface area contributed by atoms with E-state index in [1.807, 2.05) is 0 Å². The van der Waals surface area contributed by atoms with Crippen LogP contribution in [0.3, 0.4) is 0 Å². The monoisotopic (exact) mass is 252 g/mol. The fraction of sp³-hybridized carbons (Fsp3) is 0.294. The van der Waals surface area contributed by atoms with E-state index >= 15 is 0 Å². The Balaban J connectivity index is 1.63. The molecule has 0 radical (unpaired) electrons. The number of nitrogens with one attached hydrogen (secondary N) is 2. The summed E-state index contributed by atoms with van der Waals surface area (Å²) in [7, 11) is 0. The third-order valence-corrected chi connectivity index (χ3v) is 3.71. The van der Waals surface area contributed by atoms with Gasteiger partial charge in [-0.15, -0.1) is 0 Å². The van der Waals surface area contributed by atoms with Crippen molar-refractivity contribution in [3.05, 3.63) is 65.7 Å². The highest BCUT2D eigenvalue weighted by Gasteiger charge is 2.14. The summed E-state index contributed by atoms with van der Waals surface area (Å²) in [6, 6.07) is 19.8. The minimum absolute atomic E-state index is 0.504. The lowest BCUT2D eigenvalue weighted by Crippen LogP contribution is -2.30. The van der Waals surface area contributed by atoms with Crippen LogP contribution in [-0.4, -0.2) is 12.6 Å². The second-order valence-electron chi connectivity index (χ2n) is 5.15. The maximum absolute atomic E-state index is 3.67. The minimum atomic E-state index is 0.504. The van der Waals surface area contributed by atoms with E-state index in [0.29, 0.717) is 6.04 Å². The first kappa shape index (κ1) is 12.2. The molecule has 2 N–H and O–H groups in total. The molecule has 98 valence electrons. The summed E-state index contributed by atoms with van der Waals surface area (Å²) in [6.07, 6.45) is 2.29. The first-order chi connectivity index (χ1) is 9.42. The Morgan fingerprint density at radius 1 is 0.947 bits per heavy atom. The Hall–Kier alpha value is -1.80. The van der Waals surface area contributed by atoms with Crippen molar-refractivity contribution < 1.29 is 0 Å². The Labute approximate surface area is 114 Å². The van der Waals surface area contributed by atoms with Crippen molar-refractivity contribution in [3.8, 4) is 0 Å². The largest absolute Gasteiger partial charge is 0.381 e. The summed E-state index contributed by atoms with van der Waals surface area (Å²) in [4.78, 5) is 0. The van der Waals surface area contributed by atoms with Gasteiger partial charge in [-0.1, -0.05) is 48.5 Å². The van der Waals surface area contributed by atoms with Crippen LogP contribution in [0.25, 0.3) is 0 Å². The summed E-state index contributed by atoms with van der Waals surface area (Å²) in [5, 5.41) is 7.19. The number of hydrogen-bond acceptors (Lipinski definition) is 2. The van der Waals surface area contributed by atoms with E-state index in [0.717, 1.165) is 25.9 Å². The highest BCUT2D eigenvalue weighted by atomic mass is 15.0. The molecular formula is C17H20N2. The lowest BCUT2D eigenvalue weighted by molar-refractivity contribution is 0.585. The van der Waals surface area contributed by atoms with Gasteiger partial charge in [-0.05, 0) is 30.0 Å². The molecule has 1 aliphatic rings. The summed E-state index contributed by atoms with van der Waals surface area (Å²) >= 11 is 0. The van der Waals surface area contributed by atoms with Gasteiger partial charge in [0.05, 0.1) is 0 Å². The Morgan fingerprint density at radius 3 is 2.63 bits per heavy atom. The van der Waals surface area contributed by atoms with Gasteiger partial charge in [0.25, 0.3) is 0 Å². The van der Waals surface area contributed by atoms with E-state index in [-0.39, 0.29) is 0 Å². The lowest BCUT2D eigenvalue weighted by atomic mass is 10.1. The Kier molecular flexibility index (Phi) is 3.80. The summed E-state index contributed by atoms with van der Waals surface area (Å²) in [5.74, 6) is 0. The van der Waals surface area contributed by atoms with Crippen molar-refractivity contribution in [2.24, 2.45) is 0 Å². The molecule has 19 heavy (non-hydrogen) atoms. The van der Waals surface area contributed by atoms with Gasteiger partial charge in [-0.3, -0.25) is 0 Å². The molecule has 0 fully saturated rings. The molecule has 0 saturated carbocycles. The fourth-order valence-corrected chi connectivity index (χ4v) is 2.63. The number of rotatable bonds is 3. The van der Waals surface area contributed by atoms with Crippen LogP contribution in [0.1, 0.15) is 17.5 Å². The average Bonchev–Trinajstić information content (AvgIpc) is 2.68. The van der Waals surface area contributed by atoms with E-state index in [2.05, 4.69) is 65.2 Å². The van der Waals surface area contributed by atoms with Crippen LogP contribution in [-0.2, 0) is 13.0 Å².